The molecule has 7 nitrogen and oxygen atoms in total. The van der Waals surface area contributed by atoms with E-state index >= 15 is 4.39 Å². The number of hydrogen-bond donors (Lipinski definition) is 1. The van der Waals surface area contributed by atoms with Crippen LogP contribution in [0.2, 0.25) is 5.02 Å². The molecule has 40 heavy (non-hydrogen) atoms. The molecule has 0 bridgehead atoms. The van der Waals surface area contributed by atoms with Gasteiger partial charge in [-0.15, -0.1) is 0 Å². The summed E-state index contributed by atoms with van der Waals surface area (Å²) in [6.45, 7) is 3.28. The van der Waals surface area contributed by atoms with Crippen LogP contribution in [0.5, 0.6) is 0 Å². The number of carbonyl (C=O) groups excluding carboxylic acids is 3. The first-order valence-corrected chi connectivity index (χ1v) is 13.7. The summed E-state index contributed by atoms with van der Waals surface area (Å²) in [7, 11) is 0. The Morgan fingerprint density at radius 1 is 1.05 bits per heavy atom. The number of halogens is 2. The summed E-state index contributed by atoms with van der Waals surface area (Å²) in [6.07, 6.45) is 2.25. The standard InChI is InChI=1S/C31H28ClFN4O3/c1-17-10-12-26-22(14-17)29(18(2)38)35-36(26)16-28(39)37-25-13-11-19(25)15-27(37)31(40)34-30-21(7-5-9-24(30)33)20-6-3-4-8-23(20)32/h3-10,12,14,19,25,27H,11,13,15-16H2,1-2H3,(H,34,40)/t19-,25-,27+/m1/s1. The number of carbonyl (C=O) groups is 3. The fraction of sp³-hybridized carbons (Fsp3) is 0.290. The van der Waals surface area contributed by atoms with Crippen LogP contribution in [0.1, 0.15) is 42.2 Å². The summed E-state index contributed by atoms with van der Waals surface area (Å²) in [4.78, 5) is 41.4. The second-order valence-electron chi connectivity index (χ2n) is 10.7. The van der Waals surface area contributed by atoms with E-state index in [2.05, 4.69) is 10.4 Å². The Bertz CT molecular complexity index is 1680. The molecule has 6 rings (SSSR count). The lowest BCUT2D eigenvalue weighted by atomic mass is 9.80. The van der Waals surface area contributed by atoms with Gasteiger partial charge in [-0.2, -0.15) is 5.10 Å². The van der Waals surface area contributed by atoms with E-state index in [1.54, 1.807) is 46.0 Å². The third-order valence-corrected chi connectivity index (χ3v) is 8.47. The molecule has 204 valence electrons. The number of amides is 2. The van der Waals surface area contributed by atoms with Gasteiger partial charge >= 0.3 is 0 Å². The van der Waals surface area contributed by atoms with Crippen molar-refractivity contribution in [1.29, 1.82) is 0 Å². The second-order valence-corrected chi connectivity index (χ2v) is 11.1. The number of ketones is 1. The minimum Gasteiger partial charge on any atom is -0.326 e. The number of nitrogens with zero attached hydrogens (tertiary/aromatic N) is 3. The fourth-order valence-corrected chi connectivity index (χ4v) is 6.30. The van der Waals surface area contributed by atoms with E-state index < -0.39 is 17.8 Å². The zero-order chi connectivity index (χ0) is 28.1. The van der Waals surface area contributed by atoms with Crippen LogP contribution in [0.25, 0.3) is 22.0 Å². The maximum atomic E-state index is 15.1. The van der Waals surface area contributed by atoms with Gasteiger partial charge in [-0.25, -0.2) is 4.39 Å². The lowest BCUT2D eigenvalue weighted by molar-refractivity contribution is -0.140. The van der Waals surface area contributed by atoms with Crippen LogP contribution in [-0.2, 0) is 16.1 Å². The van der Waals surface area contributed by atoms with Crippen molar-refractivity contribution in [1.82, 2.24) is 14.7 Å². The van der Waals surface area contributed by atoms with Crippen LogP contribution in [0.3, 0.4) is 0 Å². The monoisotopic (exact) mass is 558 g/mol. The predicted octanol–water partition coefficient (Wildman–Crippen LogP) is 6.03. The molecule has 0 unspecified atom stereocenters. The molecule has 2 fully saturated rings. The minimum atomic E-state index is -0.750. The number of anilines is 1. The lowest BCUT2D eigenvalue weighted by Gasteiger charge is -2.37. The Balaban J connectivity index is 1.30. The SMILES string of the molecule is CC(=O)c1nn(CC(=O)N2[C@@H]3CC[C@@H]3C[C@H]2C(=O)Nc2c(F)cccc2-c2ccccc2Cl)c2ccc(C)cc12. The van der Waals surface area contributed by atoms with Crippen LogP contribution < -0.4 is 5.32 Å². The van der Waals surface area contributed by atoms with Crippen molar-refractivity contribution in [2.45, 2.75) is 51.7 Å². The van der Waals surface area contributed by atoms with Crippen LogP contribution >= 0.6 is 11.6 Å². The molecule has 2 aliphatic rings. The quantitative estimate of drug-likeness (QED) is 0.293. The number of aryl methyl sites for hydroxylation is 1. The highest BCUT2D eigenvalue weighted by Crippen LogP contribution is 2.44. The maximum absolute atomic E-state index is 15.1. The summed E-state index contributed by atoms with van der Waals surface area (Å²) in [6, 6.07) is 16.5. The number of rotatable bonds is 6. The molecule has 4 aromatic rings. The van der Waals surface area contributed by atoms with Crippen molar-refractivity contribution in [2.75, 3.05) is 5.32 Å². The number of benzene rings is 3. The van der Waals surface area contributed by atoms with E-state index in [1.807, 2.05) is 25.1 Å². The number of fused-ring (bicyclic) bond motifs is 2. The van der Waals surface area contributed by atoms with Gasteiger partial charge in [0.05, 0.1) is 11.2 Å². The number of para-hydroxylation sites is 1. The van der Waals surface area contributed by atoms with Gasteiger partial charge in [0, 0.05) is 34.5 Å². The average Bonchev–Trinajstić information content (AvgIpc) is 3.39. The van der Waals surface area contributed by atoms with Gasteiger partial charge in [0.2, 0.25) is 11.8 Å². The molecule has 1 aliphatic heterocycles. The zero-order valence-corrected chi connectivity index (χ0v) is 22.9. The Kier molecular flexibility index (Phi) is 6.66. The van der Waals surface area contributed by atoms with Gasteiger partial charge in [0.25, 0.3) is 0 Å². The lowest BCUT2D eigenvalue weighted by Crippen LogP contribution is -2.50. The van der Waals surface area contributed by atoms with Gasteiger partial charge in [0.15, 0.2) is 5.78 Å². The van der Waals surface area contributed by atoms with E-state index in [1.165, 1.54) is 13.0 Å². The van der Waals surface area contributed by atoms with E-state index in [0.29, 0.717) is 39.2 Å². The highest BCUT2D eigenvalue weighted by atomic mass is 35.5. The van der Waals surface area contributed by atoms with E-state index in [-0.39, 0.29) is 35.9 Å². The first kappa shape index (κ1) is 26.2. The molecule has 1 aromatic heterocycles. The number of Topliss-reactive ketones (excluding diaryl/α,β-unsaturated/α-hetero) is 1. The highest BCUT2D eigenvalue weighted by molar-refractivity contribution is 6.33. The first-order chi connectivity index (χ1) is 19.2. The molecule has 1 saturated heterocycles. The van der Waals surface area contributed by atoms with Gasteiger partial charge in [-0.05, 0) is 56.4 Å². The van der Waals surface area contributed by atoms with Gasteiger partial charge < -0.3 is 10.2 Å². The van der Waals surface area contributed by atoms with Crippen molar-refractivity contribution >= 4 is 45.8 Å². The summed E-state index contributed by atoms with van der Waals surface area (Å²) in [5, 5.41) is 8.38. The smallest absolute Gasteiger partial charge is 0.247 e. The summed E-state index contributed by atoms with van der Waals surface area (Å²) < 4.78 is 16.6. The van der Waals surface area contributed by atoms with Gasteiger partial charge in [-0.3, -0.25) is 19.1 Å². The van der Waals surface area contributed by atoms with Gasteiger partial charge in [-0.1, -0.05) is 53.6 Å². The number of hydrogen-bond acceptors (Lipinski definition) is 4. The molecule has 3 atom stereocenters. The van der Waals surface area contributed by atoms with Crippen LogP contribution in [0.15, 0.2) is 60.7 Å². The molecule has 1 saturated carbocycles. The third-order valence-electron chi connectivity index (χ3n) is 8.14. The number of nitrogens with one attached hydrogen (secondary N) is 1. The summed E-state index contributed by atoms with van der Waals surface area (Å²) >= 11 is 6.39. The van der Waals surface area contributed by atoms with E-state index in [4.69, 9.17) is 11.6 Å². The van der Waals surface area contributed by atoms with Crippen molar-refractivity contribution in [3.05, 3.63) is 82.8 Å². The topological polar surface area (TPSA) is 84.3 Å². The first-order valence-electron chi connectivity index (χ1n) is 13.4. The molecule has 0 radical (unpaired) electrons. The normalized spacial score (nSPS) is 19.8. The predicted molar refractivity (Wildman–Crippen MR) is 152 cm³/mol. The molecule has 2 heterocycles. The van der Waals surface area contributed by atoms with Crippen molar-refractivity contribution in [3.8, 4) is 11.1 Å². The maximum Gasteiger partial charge on any atom is 0.247 e. The van der Waals surface area contributed by atoms with Crippen LogP contribution in [-0.4, -0.2) is 44.4 Å². The third kappa shape index (κ3) is 4.46. The minimum absolute atomic E-state index is 0.0341. The van der Waals surface area contributed by atoms with Crippen molar-refractivity contribution in [2.24, 2.45) is 5.92 Å². The Morgan fingerprint density at radius 2 is 1.82 bits per heavy atom. The molecule has 1 N–H and O–H groups in total. The van der Waals surface area contributed by atoms with Crippen LogP contribution in [0, 0.1) is 18.7 Å². The van der Waals surface area contributed by atoms with Crippen molar-refractivity contribution < 1.29 is 18.8 Å². The second kappa shape index (κ2) is 10.2. The molecular formula is C31H28ClFN4O3. The largest absolute Gasteiger partial charge is 0.326 e. The molecule has 3 aromatic carbocycles. The molecule has 2 amide bonds. The van der Waals surface area contributed by atoms with E-state index in [9.17, 15) is 14.4 Å². The highest BCUT2D eigenvalue weighted by Gasteiger charge is 2.51. The van der Waals surface area contributed by atoms with E-state index in [0.717, 1.165) is 18.4 Å². The number of likely N-dealkylation sites (tertiary alicyclic amines) is 1. The average molecular weight is 559 g/mol. The molecule has 1 aliphatic carbocycles. The Labute approximate surface area is 235 Å². The fourth-order valence-electron chi connectivity index (χ4n) is 6.06. The van der Waals surface area contributed by atoms with Crippen LogP contribution in [0.4, 0.5) is 10.1 Å². The summed E-state index contributed by atoms with van der Waals surface area (Å²) in [5.41, 5.74) is 3.08. The number of aromatic nitrogens is 2. The molecule has 9 heteroatoms. The molecule has 0 spiro atoms. The molecular weight excluding hydrogens is 531 g/mol. The zero-order valence-electron chi connectivity index (χ0n) is 22.2. The Hall–Kier alpha value is -4.04. The van der Waals surface area contributed by atoms with Crippen molar-refractivity contribution in [3.63, 3.8) is 0 Å². The van der Waals surface area contributed by atoms with Gasteiger partial charge in [0.1, 0.15) is 24.1 Å². The summed E-state index contributed by atoms with van der Waals surface area (Å²) in [5.74, 6) is -1.25. The Morgan fingerprint density at radius 3 is 2.55 bits per heavy atom.